The van der Waals surface area contributed by atoms with Gasteiger partial charge >= 0.3 is 5.97 Å². The molecule has 0 atom stereocenters. The maximum Gasteiger partial charge on any atom is 0.320 e. The summed E-state index contributed by atoms with van der Waals surface area (Å²) >= 11 is 0. The summed E-state index contributed by atoms with van der Waals surface area (Å²) in [6.07, 6.45) is 2.26. The second-order valence-electron chi connectivity index (χ2n) is 7.96. The van der Waals surface area contributed by atoms with Crippen LogP contribution in [0.3, 0.4) is 0 Å². The summed E-state index contributed by atoms with van der Waals surface area (Å²) in [7, 11) is 0. The summed E-state index contributed by atoms with van der Waals surface area (Å²) in [5.74, 6) is 0.555. The summed E-state index contributed by atoms with van der Waals surface area (Å²) in [6, 6.07) is 21.5. The van der Waals surface area contributed by atoms with Crippen LogP contribution >= 0.6 is 0 Å². The molecule has 0 radical (unpaired) electrons. The third-order valence-electron chi connectivity index (χ3n) is 5.27. The van der Waals surface area contributed by atoms with Crippen LogP contribution in [0, 0.1) is 0 Å². The lowest BCUT2D eigenvalue weighted by atomic mass is 10.2. The Morgan fingerprint density at radius 3 is 2.41 bits per heavy atom. The van der Waals surface area contributed by atoms with Crippen molar-refractivity contribution in [2.45, 2.75) is 32.2 Å². The minimum atomic E-state index is -0.346. The van der Waals surface area contributed by atoms with E-state index in [1.807, 2.05) is 66.7 Å². The molecular formula is C25H28N4O3. The van der Waals surface area contributed by atoms with E-state index in [2.05, 4.69) is 5.32 Å². The van der Waals surface area contributed by atoms with Crippen molar-refractivity contribution in [3.8, 4) is 5.69 Å². The van der Waals surface area contributed by atoms with E-state index < -0.39 is 0 Å². The molecule has 4 rings (SSSR count). The molecule has 2 aromatic carbocycles. The van der Waals surface area contributed by atoms with Gasteiger partial charge in [-0.25, -0.2) is 4.68 Å². The van der Waals surface area contributed by atoms with Crippen LogP contribution in [0.15, 0.2) is 66.7 Å². The number of anilines is 1. The van der Waals surface area contributed by atoms with Gasteiger partial charge < -0.3 is 10.1 Å². The van der Waals surface area contributed by atoms with E-state index in [1.54, 1.807) is 16.5 Å². The Morgan fingerprint density at radius 1 is 1.06 bits per heavy atom. The largest absolute Gasteiger partial charge is 0.465 e. The second-order valence-corrected chi connectivity index (χ2v) is 7.96. The summed E-state index contributed by atoms with van der Waals surface area (Å²) in [4.78, 5) is 26.9. The minimum Gasteiger partial charge on any atom is -0.465 e. The number of nitrogens with zero attached hydrogens (tertiary/aromatic N) is 3. The highest BCUT2D eigenvalue weighted by molar-refractivity contribution is 5.92. The molecule has 32 heavy (non-hydrogen) atoms. The Labute approximate surface area is 188 Å². The monoisotopic (exact) mass is 432 g/mol. The predicted octanol–water partition coefficient (Wildman–Crippen LogP) is 3.75. The van der Waals surface area contributed by atoms with Crippen LogP contribution in [0.2, 0.25) is 0 Å². The zero-order valence-electron chi connectivity index (χ0n) is 18.2. The van der Waals surface area contributed by atoms with E-state index >= 15 is 0 Å². The third-order valence-corrected chi connectivity index (χ3v) is 5.27. The number of hydrogen-bond donors (Lipinski definition) is 1. The minimum absolute atomic E-state index is 0.0431. The van der Waals surface area contributed by atoms with Crippen molar-refractivity contribution in [1.29, 1.82) is 0 Å². The topological polar surface area (TPSA) is 76.5 Å². The van der Waals surface area contributed by atoms with Gasteiger partial charge in [-0.15, -0.1) is 0 Å². The number of carbonyl (C=O) groups excluding carboxylic acids is 2. The van der Waals surface area contributed by atoms with Crippen LogP contribution < -0.4 is 5.32 Å². The number of benzene rings is 2. The second kappa shape index (κ2) is 10.2. The quantitative estimate of drug-likeness (QED) is 0.494. The Hall–Kier alpha value is -3.45. The Bertz CT molecular complexity index is 1050. The van der Waals surface area contributed by atoms with Gasteiger partial charge in [0.15, 0.2) is 0 Å². The molecule has 1 amide bonds. The summed E-state index contributed by atoms with van der Waals surface area (Å²) in [6.45, 7) is 2.66. The van der Waals surface area contributed by atoms with E-state index in [1.165, 1.54) is 0 Å². The Kier molecular flexibility index (Phi) is 6.97. The molecule has 1 fully saturated rings. The normalized spacial score (nSPS) is 13.2. The molecule has 7 nitrogen and oxygen atoms in total. The number of esters is 1. The van der Waals surface area contributed by atoms with Gasteiger partial charge in [0.05, 0.1) is 31.1 Å². The number of para-hydroxylation sites is 1. The van der Waals surface area contributed by atoms with Crippen molar-refractivity contribution >= 4 is 17.7 Å². The molecular weight excluding hydrogens is 404 g/mol. The molecule has 7 heteroatoms. The van der Waals surface area contributed by atoms with Gasteiger partial charge in [-0.3, -0.25) is 14.5 Å². The summed E-state index contributed by atoms with van der Waals surface area (Å²) in [5, 5.41) is 7.73. The molecule has 1 heterocycles. The zero-order chi connectivity index (χ0) is 22.3. The van der Waals surface area contributed by atoms with Crippen LogP contribution in [0.4, 0.5) is 5.82 Å². The first-order valence-electron chi connectivity index (χ1n) is 11.0. The standard InChI is InChI=1S/C25H28N4O3/c1-2-32-25(31)18-28(16-19-9-5-3-6-10-19)17-24(30)26-23-15-22(20-13-14-20)27-29(23)21-11-7-4-8-12-21/h3-12,15,20H,2,13-14,16-18H2,1H3,(H,26,30). The summed E-state index contributed by atoms with van der Waals surface area (Å²) < 4.78 is 6.87. The number of aromatic nitrogens is 2. The lowest BCUT2D eigenvalue weighted by Gasteiger charge is -2.21. The lowest BCUT2D eigenvalue weighted by molar-refractivity contribution is -0.144. The average Bonchev–Trinajstić information content (AvgIpc) is 3.56. The number of ether oxygens (including phenoxy) is 1. The predicted molar refractivity (Wildman–Crippen MR) is 123 cm³/mol. The SMILES string of the molecule is CCOC(=O)CN(CC(=O)Nc1cc(C2CC2)nn1-c1ccccc1)Cc1ccccc1. The molecule has 3 aromatic rings. The molecule has 1 aliphatic rings. The maximum absolute atomic E-state index is 13.0. The van der Waals surface area contributed by atoms with Gasteiger partial charge in [0.25, 0.3) is 0 Å². The van der Waals surface area contributed by atoms with Gasteiger partial charge in [0.1, 0.15) is 5.82 Å². The molecule has 166 valence electrons. The fraction of sp³-hybridized carbons (Fsp3) is 0.320. The Morgan fingerprint density at radius 2 is 1.75 bits per heavy atom. The third kappa shape index (κ3) is 5.82. The maximum atomic E-state index is 13.0. The number of carbonyl (C=O) groups is 2. The van der Waals surface area contributed by atoms with E-state index in [0.29, 0.717) is 24.9 Å². The summed E-state index contributed by atoms with van der Waals surface area (Å²) in [5.41, 5.74) is 2.91. The lowest BCUT2D eigenvalue weighted by Crippen LogP contribution is -2.37. The van der Waals surface area contributed by atoms with Crippen LogP contribution in [0.25, 0.3) is 5.69 Å². The van der Waals surface area contributed by atoms with Gasteiger partial charge in [0, 0.05) is 18.5 Å². The van der Waals surface area contributed by atoms with Gasteiger partial charge in [-0.05, 0) is 37.5 Å². The number of amides is 1. The zero-order valence-corrected chi connectivity index (χ0v) is 18.2. The molecule has 0 bridgehead atoms. The van der Waals surface area contributed by atoms with Crippen molar-refractivity contribution in [1.82, 2.24) is 14.7 Å². The first-order valence-corrected chi connectivity index (χ1v) is 11.0. The van der Waals surface area contributed by atoms with Crippen LogP contribution in [-0.4, -0.2) is 46.3 Å². The van der Waals surface area contributed by atoms with Crippen molar-refractivity contribution in [2.75, 3.05) is 25.0 Å². The van der Waals surface area contributed by atoms with Crippen molar-refractivity contribution < 1.29 is 14.3 Å². The first kappa shape index (κ1) is 21.8. The molecule has 0 unspecified atom stereocenters. The van der Waals surface area contributed by atoms with Crippen molar-refractivity contribution in [3.05, 3.63) is 78.0 Å². The molecule has 0 spiro atoms. The van der Waals surface area contributed by atoms with E-state index in [9.17, 15) is 9.59 Å². The van der Waals surface area contributed by atoms with E-state index in [-0.39, 0.29) is 25.0 Å². The van der Waals surface area contributed by atoms with Crippen LogP contribution in [0.1, 0.15) is 36.9 Å². The smallest absolute Gasteiger partial charge is 0.320 e. The Balaban J connectivity index is 1.49. The average molecular weight is 433 g/mol. The molecule has 1 saturated carbocycles. The highest BCUT2D eigenvalue weighted by atomic mass is 16.5. The van der Waals surface area contributed by atoms with E-state index in [4.69, 9.17) is 9.84 Å². The highest BCUT2D eigenvalue weighted by Gasteiger charge is 2.28. The fourth-order valence-corrected chi connectivity index (χ4v) is 3.62. The molecule has 1 aromatic heterocycles. The molecule has 0 aliphatic heterocycles. The van der Waals surface area contributed by atoms with Crippen LogP contribution in [-0.2, 0) is 20.9 Å². The number of hydrogen-bond acceptors (Lipinski definition) is 5. The van der Waals surface area contributed by atoms with Crippen molar-refractivity contribution in [2.24, 2.45) is 0 Å². The number of rotatable bonds is 10. The van der Waals surface area contributed by atoms with E-state index in [0.717, 1.165) is 29.8 Å². The first-order chi connectivity index (χ1) is 15.6. The van der Waals surface area contributed by atoms with Gasteiger partial charge in [-0.2, -0.15) is 5.10 Å². The fourth-order valence-electron chi connectivity index (χ4n) is 3.62. The van der Waals surface area contributed by atoms with Crippen LogP contribution in [0.5, 0.6) is 0 Å². The van der Waals surface area contributed by atoms with Gasteiger partial charge in [0.2, 0.25) is 5.91 Å². The molecule has 1 N–H and O–H groups in total. The number of nitrogens with one attached hydrogen (secondary N) is 1. The highest BCUT2D eigenvalue weighted by Crippen LogP contribution is 2.40. The molecule has 1 aliphatic carbocycles. The van der Waals surface area contributed by atoms with Crippen molar-refractivity contribution in [3.63, 3.8) is 0 Å². The molecule has 0 saturated heterocycles. The van der Waals surface area contributed by atoms with Gasteiger partial charge in [-0.1, -0.05) is 48.5 Å².